The predicted octanol–water partition coefficient (Wildman–Crippen LogP) is 29.4. The van der Waals surface area contributed by atoms with Gasteiger partial charge in [-0.3, -0.25) is 39.5 Å². The zero-order valence-electron chi connectivity index (χ0n) is 75.9. The maximum Gasteiger partial charge on any atom is 0.123 e. The number of halogens is 5. The molecule has 14 heteroatoms. The van der Waals surface area contributed by atoms with E-state index in [4.69, 9.17) is 66.1 Å². The maximum atomic E-state index is 13.1. The molecular formula is C112H137Cl4FN8O. The average molecular weight is 1770 g/mol. The second-order valence-corrected chi connectivity index (χ2v) is 40.4. The highest BCUT2D eigenvalue weighted by Crippen LogP contribution is 2.42. The van der Waals surface area contributed by atoms with Gasteiger partial charge in [-0.2, -0.15) is 0 Å². The van der Waals surface area contributed by atoms with Crippen molar-refractivity contribution in [2.75, 3.05) is 72.1 Å². The third-order valence-electron chi connectivity index (χ3n) is 30.2. The van der Waals surface area contributed by atoms with Crippen LogP contribution >= 0.6 is 46.4 Å². The van der Waals surface area contributed by atoms with Crippen molar-refractivity contribution in [3.63, 3.8) is 0 Å². The first-order chi connectivity index (χ1) is 61.5. The Morgan fingerprint density at radius 1 is 0.286 bits per heavy atom. The highest BCUT2D eigenvalue weighted by atomic mass is 35.5. The van der Waals surface area contributed by atoms with E-state index in [1.165, 1.54) is 317 Å². The summed E-state index contributed by atoms with van der Waals surface area (Å²) in [6.07, 6.45) is 44.2. The Kier molecular flexibility index (Phi) is 33.0. The van der Waals surface area contributed by atoms with Crippen LogP contribution in [-0.4, -0.2) is 142 Å². The normalized spacial score (nSPS) is 22.4. The van der Waals surface area contributed by atoms with Gasteiger partial charge in [0.15, 0.2) is 0 Å². The van der Waals surface area contributed by atoms with Crippen LogP contribution in [0.25, 0.3) is 55.9 Å². The number of aryl methyl sites for hydroxylation is 5. The quantitative estimate of drug-likeness (QED) is 0.0999. The number of benzene rings is 7. The summed E-state index contributed by atoms with van der Waals surface area (Å²) in [7, 11) is 0. The van der Waals surface area contributed by atoms with Gasteiger partial charge in [0, 0.05) is 136 Å². The molecular weight excluding hydrogens is 1630 g/mol. The van der Waals surface area contributed by atoms with Crippen LogP contribution in [0.15, 0.2) is 194 Å². The Morgan fingerprint density at radius 2 is 0.635 bits per heavy atom. The van der Waals surface area contributed by atoms with Gasteiger partial charge in [-0.1, -0.05) is 220 Å². The van der Waals surface area contributed by atoms with E-state index in [1.54, 1.807) is 5.56 Å². The van der Waals surface area contributed by atoms with Gasteiger partial charge in [0.1, 0.15) is 5.82 Å². The molecule has 10 aromatic rings. The smallest absolute Gasteiger partial charge is 0.123 e. The molecule has 3 aromatic heterocycles. The first-order valence-corrected chi connectivity index (χ1v) is 50.3. The number of nitrogens with zero attached hydrogens (tertiary/aromatic N) is 8. The van der Waals surface area contributed by atoms with Crippen LogP contribution in [0.4, 0.5) is 4.39 Å². The highest BCUT2D eigenvalue weighted by molar-refractivity contribution is 6.31. The van der Waals surface area contributed by atoms with E-state index in [9.17, 15) is 4.39 Å². The lowest BCUT2D eigenvalue weighted by Crippen LogP contribution is -2.43. The summed E-state index contributed by atoms with van der Waals surface area (Å²) in [5.41, 5.74) is 25.1. The zero-order chi connectivity index (χ0) is 86.8. The van der Waals surface area contributed by atoms with E-state index < -0.39 is 0 Å². The van der Waals surface area contributed by atoms with Crippen LogP contribution in [0.2, 0.25) is 20.1 Å². The molecule has 0 N–H and O–H groups in total. The molecule has 0 amide bonds. The number of aromatic nitrogens is 3. The van der Waals surface area contributed by atoms with Crippen molar-refractivity contribution in [1.29, 1.82) is 0 Å². The van der Waals surface area contributed by atoms with E-state index in [-0.39, 0.29) is 11.9 Å². The third-order valence-corrected chi connectivity index (χ3v) is 31.2. The van der Waals surface area contributed by atoms with Crippen molar-refractivity contribution in [3.8, 4) is 55.9 Å². The number of likely N-dealkylation sites (tertiary alicyclic amines) is 4. The Labute approximate surface area is 774 Å². The molecule has 0 spiro atoms. The molecule has 126 heavy (non-hydrogen) atoms. The number of piperidine rings is 4. The molecule has 5 atom stereocenters. The lowest BCUT2D eigenvalue weighted by Gasteiger charge is -2.40. The summed E-state index contributed by atoms with van der Waals surface area (Å²) in [5, 5.41) is 3.12. The molecule has 666 valence electrons. The van der Waals surface area contributed by atoms with Gasteiger partial charge < -0.3 is 4.74 Å². The van der Waals surface area contributed by atoms with E-state index in [0.29, 0.717) is 23.7 Å². The Bertz CT molecular complexity index is 4590. The van der Waals surface area contributed by atoms with Gasteiger partial charge in [-0.05, 0) is 345 Å². The highest BCUT2D eigenvalue weighted by Gasteiger charge is 2.36. The van der Waals surface area contributed by atoms with Crippen LogP contribution < -0.4 is 0 Å². The van der Waals surface area contributed by atoms with Crippen LogP contribution in [0.5, 0.6) is 0 Å². The van der Waals surface area contributed by atoms with E-state index in [0.717, 1.165) is 110 Å². The van der Waals surface area contributed by atoms with E-state index in [2.05, 4.69) is 150 Å². The van der Waals surface area contributed by atoms with Crippen molar-refractivity contribution in [1.82, 2.24) is 39.5 Å². The molecule has 5 saturated carbocycles. The summed E-state index contributed by atoms with van der Waals surface area (Å²) in [6, 6.07) is 65.7. The summed E-state index contributed by atoms with van der Waals surface area (Å²) in [6.45, 7) is 24.0. The monoisotopic (exact) mass is 1770 g/mol. The van der Waals surface area contributed by atoms with Crippen molar-refractivity contribution >= 4 is 46.4 Å². The number of hydrogen-bond donors (Lipinski definition) is 0. The van der Waals surface area contributed by atoms with Gasteiger partial charge in [0.05, 0.1) is 24.1 Å². The van der Waals surface area contributed by atoms with Crippen LogP contribution in [0.1, 0.15) is 272 Å². The fourth-order valence-corrected chi connectivity index (χ4v) is 23.7. The van der Waals surface area contributed by atoms with Crippen molar-refractivity contribution < 1.29 is 9.13 Å². The molecule has 5 aliphatic heterocycles. The molecule has 20 rings (SSSR count). The number of ether oxygens (including phenoxy) is 1. The van der Waals surface area contributed by atoms with Crippen LogP contribution in [-0.2, 0) is 4.74 Å². The van der Waals surface area contributed by atoms with Crippen molar-refractivity contribution in [2.24, 2.45) is 0 Å². The number of hydrogen-bond acceptors (Lipinski definition) is 9. The molecule has 5 aliphatic carbocycles. The SMILES string of the molecule is Cc1cc(-c2ccc(Cl)cc2)ccc1C1CCCN(C2CCCCC2)C1.Cc1cc(-c2ccc(Cl)cc2)ccc1C1CN(C2CCCC2)CCO1.Cc1cc(-c2ccc(Cl)cc2)ncc1C1CCCN(C2CCCC2)C1.Cc1cc(-c2ccc(F)cc2)cnc1C1CCCN(C2CCCC2)C1.Cc1nc(-c2ccc(Cl)cc2)ccc1C1CCCN(C2CCCC2)C1. The largest absolute Gasteiger partial charge is 0.371 e. The minimum atomic E-state index is -0.195. The summed E-state index contributed by atoms with van der Waals surface area (Å²) in [5.74, 6) is 2.34. The topological polar surface area (TPSA) is 64.1 Å². The molecule has 7 aromatic carbocycles. The molecule has 5 unspecified atom stereocenters. The Morgan fingerprint density at radius 3 is 1.07 bits per heavy atom. The Hall–Kier alpha value is -7.16. The average Bonchev–Trinajstić information content (AvgIpc) is 1.10. The first-order valence-electron chi connectivity index (χ1n) is 48.8. The lowest BCUT2D eigenvalue weighted by molar-refractivity contribution is -0.0443. The molecule has 5 saturated heterocycles. The second-order valence-electron chi connectivity index (χ2n) is 38.6. The maximum absolute atomic E-state index is 13.1. The molecule has 10 fully saturated rings. The van der Waals surface area contributed by atoms with Crippen LogP contribution in [0, 0.1) is 40.4 Å². The number of morpholine rings is 1. The summed E-state index contributed by atoms with van der Waals surface area (Å²) >= 11 is 24.0. The van der Waals surface area contributed by atoms with Gasteiger partial charge in [-0.25, -0.2) is 4.39 Å². The van der Waals surface area contributed by atoms with Gasteiger partial charge >= 0.3 is 0 Å². The minimum Gasteiger partial charge on any atom is -0.371 e. The summed E-state index contributed by atoms with van der Waals surface area (Å²) in [4.78, 5) is 28.2. The zero-order valence-corrected chi connectivity index (χ0v) is 78.9. The molecule has 8 heterocycles. The fourth-order valence-electron chi connectivity index (χ4n) is 23.2. The molecule has 10 aliphatic rings. The second kappa shape index (κ2) is 45.1. The lowest BCUT2D eigenvalue weighted by atomic mass is 9.84. The van der Waals surface area contributed by atoms with Crippen molar-refractivity contribution in [2.45, 2.75) is 281 Å². The van der Waals surface area contributed by atoms with Gasteiger partial charge in [0.25, 0.3) is 0 Å². The number of rotatable bonds is 15. The first kappa shape index (κ1) is 92.1. The van der Waals surface area contributed by atoms with Gasteiger partial charge in [-0.15, -0.1) is 0 Å². The molecule has 9 nitrogen and oxygen atoms in total. The predicted molar refractivity (Wildman–Crippen MR) is 527 cm³/mol. The van der Waals surface area contributed by atoms with Crippen LogP contribution in [0.3, 0.4) is 0 Å². The molecule has 0 radical (unpaired) electrons. The molecule has 0 bridgehead atoms. The Balaban J connectivity index is 0.000000116. The third kappa shape index (κ3) is 24.3. The van der Waals surface area contributed by atoms with E-state index >= 15 is 0 Å². The fraction of sp³-hybridized carbons (Fsp3) is 0.491. The number of pyridine rings is 3. The van der Waals surface area contributed by atoms with Gasteiger partial charge in [0.2, 0.25) is 0 Å². The minimum absolute atomic E-state index is 0.195. The standard InChI is InChI=1S/C24H30ClN.2C22H27ClN2.C22H26ClNO.C22H27FN2/c1-18-16-20(19-9-12-22(25)13-10-19)11-14-24(18)21-6-5-15-26(17-21)23-7-3-2-4-8-23;1-16-21(12-13-22(24-16)17-8-10-19(23)11-9-17)18-5-4-14-25(15-18)20-6-2-3-7-20;1-16-13-22(17-8-10-19(23)11-9-17)24-14-21(16)18-5-4-12-25(15-18)20-6-2-3-7-20;1-16-14-18(17-6-9-19(23)10-7-17)8-11-21(16)22-15-24(12-13-25-22)20-4-2-3-5-20;1-16-13-19(17-8-10-20(23)11-9-17)14-24-22(16)18-5-4-12-25(15-18)21-6-2-3-7-21/h9-14,16,21,23H,2-8,15,17H2,1H3;8-13,18,20H,2-7,14-15H2,1H3;8-11,13-14,18,20H,2-7,12,15H2,1H3;6-11,14,20,22H,2-5,12-13,15H2,1H3;8-11,13-14,18,21H,2-7,12,15H2,1H3. The van der Waals surface area contributed by atoms with E-state index in [1.807, 2.05) is 91.1 Å². The van der Waals surface area contributed by atoms with Crippen molar-refractivity contribution in [3.05, 3.63) is 276 Å². The summed E-state index contributed by atoms with van der Waals surface area (Å²) < 4.78 is 19.3.